The van der Waals surface area contributed by atoms with E-state index in [0.29, 0.717) is 16.9 Å². The first-order valence-electron chi connectivity index (χ1n) is 8.02. The minimum absolute atomic E-state index is 0.103. The Bertz CT molecular complexity index is 947. The Balaban J connectivity index is 1.82. The number of benzene rings is 2. The van der Waals surface area contributed by atoms with Crippen LogP contribution in [0.4, 0.5) is 0 Å². The summed E-state index contributed by atoms with van der Waals surface area (Å²) in [6, 6.07) is 16.2. The van der Waals surface area contributed by atoms with Crippen LogP contribution in [0.15, 0.2) is 63.8 Å². The lowest BCUT2D eigenvalue weighted by atomic mass is 10.1. The van der Waals surface area contributed by atoms with Gasteiger partial charge in [0.05, 0.1) is 19.6 Å². The van der Waals surface area contributed by atoms with Crippen LogP contribution in [0.5, 0.6) is 5.75 Å². The number of nitrogens with one attached hydrogen (secondary N) is 1. The van der Waals surface area contributed by atoms with Gasteiger partial charge in [-0.3, -0.25) is 4.79 Å². The van der Waals surface area contributed by atoms with E-state index in [1.54, 1.807) is 25.3 Å². The van der Waals surface area contributed by atoms with Gasteiger partial charge in [-0.25, -0.2) is 4.79 Å². The first-order chi connectivity index (χ1) is 12.1. The van der Waals surface area contributed by atoms with E-state index >= 15 is 0 Å². The summed E-state index contributed by atoms with van der Waals surface area (Å²) in [5, 5.41) is 3.68. The summed E-state index contributed by atoms with van der Waals surface area (Å²) in [6.45, 7) is 1.93. The van der Waals surface area contributed by atoms with Crippen molar-refractivity contribution in [3.05, 3.63) is 76.1 Å². The van der Waals surface area contributed by atoms with Crippen LogP contribution >= 0.6 is 0 Å². The van der Waals surface area contributed by atoms with Gasteiger partial charge in [-0.15, -0.1) is 0 Å². The molecule has 3 aromatic rings. The number of methoxy groups -OCH3 is 1. The fourth-order valence-electron chi connectivity index (χ4n) is 2.77. The number of fused-ring (bicyclic) bond motifs is 1. The topological polar surface area (TPSA) is 68.5 Å². The van der Waals surface area contributed by atoms with Gasteiger partial charge in [-0.05, 0) is 30.2 Å². The summed E-state index contributed by atoms with van der Waals surface area (Å²) in [5.74, 6) is 0.439. The van der Waals surface area contributed by atoms with Gasteiger partial charge >= 0.3 is 5.63 Å². The van der Waals surface area contributed by atoms with Gasteiger partial charge in [0, 0.05) is 17.5 Å². The number of carbonyl (C=O) groups is 1. The third-order valence-electron chi connectivity index (χ3n) is 4.07. The molecule has 0 spiro atoms. The molecule has 5 nitrogen and oxygen atoms in total. The molecular weight excluding hydrogens is 318 g/mol. The van der Waals surface area contributed by atoms with Gasteiger partial charge in [0.2, 0.25) is 5.91 Å². The zero-order valence-electron chi connectivity index (χ0n) is 14.1. The Labute approximate surface area is 145 Å². The molecule has 2 aromatic carbocycles. The zero-order valence-corrected chi connectivity index (χ0v) is 14.1. The average molecular weight is 337 g/mol. The highest BCUT2D eigenvalue weighted by Gasteiger charge is 2.13. The van der Waals surface area contributed by atoms with Crippen molar-refractivity contribution >= 4 is 16.9 Å². The van der Waals surface area contributed by atoms with Crippen LogP contribution < -0.4 is 15.7 Å². The smallest absolute Gasteiger partial charge is 0.336 e. The van der Waals surface area contributed by atoms with E-state index < -0.39 is 5.63 Å². The summed E-state index contributed by atoms with van der Waals surface area (Å²) in [7, 11) is 1.54. The molecule has 0 fully saturated rings. The van der Waals surface area contributed by atoms with E-state index in [4.69, 9.17) is 9.15 Å². The van der Waals surface area contributed by atoms with Gasteiger partial charge in [0.1, 0.15) is 11.3 Å². The van der Waals surface area contributed by atoms with Crippen molar-refractivity contribution in [1.29, 1.82) is 0 Å². The minimum Gasteiger partial charge on any atom is -0.497 e. The number of hydrogen-bond donors (Lipinski definition) is 1. The van der Waals surface area contributed by atoms with Gasteiger partial charge in [-0.2, -0.15) is 0 Å². The molecule has 1 N–H and O–H groups in total. The number of carbonyl (C=O) groups excluding carboxylic acids is 1. The summed E-state index contributed by atoms with van der Waals surface area (Å²) in [6.07, 6.45) is 0.103. The monoisotopic (exact) mass is 337 g/mol. The highest BCUT2D eigenvalue weighted by atomic mass is 16.5. The van der Waals surface area contributed by atoms with Crippen molar-refractivity contribution in [2.45, 2.75) is 19.4 Å². The van der Waals surface area contributed by atoms with Crippen LogP contribution in [-0.2, 0) is 11.2 Å². The summed E-state index contributed by atoms with van der Waals surface area (Å²) in [5.41, 5.74) is 1.58. The minimum atomic E-state index is -0.486. The van der Waals surface area contributed by atoms with Crippen LogP contribution in [0.3, 0.4) is 0 Å². The maximum absolute atomic E-state index is 12.4. The van der Waals surface area contributed by atoms with E-state index in [0.717, 1.165) is 10.9 Å². The fourth-order valence-corrected chi connectivity index (χ4v) is 2.77. The third-order valence-corrected chi connectivity index (χ3v) is 4.07. The van der Waals surface area contributed by atoms with E-state index in [1.165, 1.54) is 6.07 Å². The molecule has 1 atom stereocenters. The first kappa shape index (κ1) is 16.8. The van der Waals surface area contributed by atoms with Crippen molar-refractivity contribution in [2.75, 3.05) is 7.11 Å². The van der Waals surface area contributed by atoms with Gasteiger partial charge in [-0.1, -0.05) is 30.3 Å². The lowest BCUT2D eigenvalue weighted by Crippen LogP contribution is -2.28. The average Bonchev–Trinajstić information content (AvgIpc) is 2.61. The lowest BCUT2D eigenvalue weighted by Gasteiger charge is -2.14. The Kier molecular flexibility index (Phi) is 4.84. The number of hydrogen-bond acceptors (Lipinski definition) is 4. The molecule has 1 unspecified atom stereocenters. The van der Waals surface area contributed by atoms with Crippen molar-refractivity contribution in [2.24, 2.45) is 0 Å². The van der Waals surface area contributed by atoms with Crippen molar-refractivity contribution in [3.63, 3.8) is 0 Å². The largest absolute Gasteiger partial charge is 0.497 e. The molecular formula is C20H19NO4. The summed E-state index contributed by atoms with van der Waals surface area (Å²) < 4.78 is 10.4. The quantitative estimate of drug-likeness (QED) is 0.726. The SMILES string of the molecule is COc1ccc2c(CC(=O)NC(C)c3ccccc3)cc(=O)oc2c1. The Morgan fingerprint density at radius 3 is 2.64 bits per heavy atom. The van der Waals surface area contributed by atoms with Gasteiger partial charge < -0.3 is 14.5 Å². The molecule has 5 heteroatoms. The molecule has 128 valence electrons. The molecule has 3 rings (SSSR count). The van der Waals surface area contributed by atoms with E-state index in [9.17, 15) is 9.59 Å². The van der Waals surface area contributed by atoms with Crippen LogP contribution in [-0.4, -0.2) is 13.0 Å². The van der Waals surface area contributed by atoms with Gasteiger partial charge in [0.25, 0.3) is 0 Å². The predicted molar refractivity (Wildman–Crippen MR) is 95.7 cm³/mol. The second kappa shape index (κ2) is 7.21. The summed E-state index contributed by atoms with van der Waals surface area (Å²) in [4.78, 5) is 24.2. The second-order valence-electron chi connectivity index (χ2n) is 5.83. The first-order valence-corrected chi connectivity index (χ1v) is 8.02. The molecule has 1 heterocycles. The van der Waals surface area contributed by atoms with Gasteiger partial charge in [0.15, 0.2) is 0 Å². The maximum Gasteiger partial charge on any atom is 0.336 e. The van der Waals surface area contributed by atoms with Crippen LogP contribution in [0.2, 0.25) is 0 Å². The molecule has 1 aromatic heterocycles. The summed E-state index contributed by atoms with van der Waals surface area (Å²) >= 11 is 0. The van der Waals surface area contributed by atoms with Crippen molar-refractivity contribution < 1.29 is 13.9 Å². The molecule has 25 heavy (non-hydrogen) atoms. The molecule has 0 saturated carbocycles. The highest BCUT2D eigenvalue weighted by molar-refractivity contribution is 5.87. The molecule has 0 aliphatic carbocycles. The standard InChI is InChI=1S/C20H19NO4/c1-13(14-6-4-3-5-7-14)21-19(22)10-15-11-20(23)25-18-12-16(24-2)8-9-17(15)18/h3-9,11-13H,10H2,1-2H3,(H,21,22). The molecule has 0 aliphatic rings. The number of ether oxygens (including phenoxy) is 1. The van der Waals surface area contributed by atoms with E-state index in [1.807, 2.05) is 37.3 Å². The molecule has 0 radical (unpaired) electrons. The Morgan fingerprint density at radius 2 is 1.92 bits per heavy atom. The third kappa shape index (κ3) is 3.88. The maximum atomic E-state index is 12.4. The Hall–Kier alpha value is -3.08. The second-order valence-corrected chi connectivity index (χ2v) is 5.83. The van der Waals surface area contributed by atoms with E-state index in [2.05, 4.69) is 5.32 Å². The van der Waals surface area contributed by atoms with Crippen molar-refractivity contribution in [3.8, 4) is 5.75 Å². The van der Waals surface area contributed by atoms with Crippen molar-refractivity contribution in [1.82, 2.24) is 5.32 Å². The van der Waals surface area contributed by atoms with Crippen LogP contribution in [0.1, 0.15) is 24.1 Å². The van der Waals surface area contributed by atoms with Crippen LogP contribution in [0.25, 0.3) is 11.0 Å². The molecule has 0 aliphatic heterocycles. The Morgan fingerprint density at radius 1 is 1.16 bits per heavy atom. The number of amides is 1. The fraction of sp³-hybridized carbons (Fsp3) is 0.200. The highest BCUT2D eigenvalue weighted by Crippen LogP contribution is 2.23. The normalized spacial score (nSPS) is 11.9. The molecule has 0 bridgehead atoms. The lowest BCUT2D eigenvalue weighted by molar-refractivity contribution is -0.121. The van der Waals surface area contributed by atoms with E-state index in [-0.39, 0.29) is 18.4 Å². The zero-order chi connectivity index (χ0) is 17.8. The molecule has 1 amide bonds. The predicted octanol–water partition coefficient (Wildman–Crippen LogP) is 3.22. The van der Waals surface area contributed by atoms with Crippen LogP contribution in [0, 0.1) is 0 Å². The molecule has 0 saturated heterocycles. The number of rotatable bonds is 5.